The molecule has 0 aliphatic heterocycles. The van der Waals surface area contributed by atoms with Crippen LogP contribution in [-0.2, 0) is 10.5 Å². The minimum atomic E-state index is -0.104. The largest absolute Gasteiger partial charge is 0.351 e. The Kier molecular flexibility index (Phi) is 6.22. The molecule has 0 aromatic heterocycles. The van der Waals surface area contributed by atoms with Crippen LogP contribution in [0.4, 0.5) is 0 Å². The number of benzene rings is 1. The molecule has 0 bridgehead atoms. The summed E-state index contributed by atoms with van der Waals surface area (Å²) in [5, 5.41) is 3.03. The highest BCUT2D eigenvalue weighted by atomic mass is 79.9. The molecular weight excluding hydrogens is 310 g/mol. The average molecular weight is 330 g/mol. The molecule has 0 saturated carbocycles. The van der Waals surface area contributed by atoms with Crippen molar-refractivity contribution in [1.82, 2.24) is 5.32 Å². The van der Waals surface area contributed by atoms with Crippen molar-refractivity contribution in [1.29, 1.82) is 0 Å². The molecule has 100 valence electrons. The van der Waals surface area contributed by atoms with Gasteiger partial charge in [0.1, 0.15) is 0 Å². The first-order valence-corrected chi connectivity index (χ1v) is 8.01. The fourth-order valence-corrected chi connectivity index (χ4v) is 2.61. The van der Waals surface area contributed by atoms with Crippen LogP contribution in [0.2, 0.25) is 0 Å². The summed E-state index contributed by atoms with van der Waals surface area (Å²) in [6, 6.07) is 8.18. The van der Waals surface area contributed by atoms with E-state index >= 15 is 0 Å². The summed E-state index contributed by atoms with van der Waals surface area (Å²) in [4.78, 5) is 11.7. The second kappa shape index (κ2) is 7.19. The maximum absolute atomic E-state index is 11.7. The summed E-state index contributed by atoms with van der Waals surface area (Å²) < 4.78 is 1.08. The van der Waals surface area contributed by atoms with Gasteiger partial charge in [0.25, 0.3) is 0 Å². The number of amides is 1. The number of thioether (sulfide) groups is 1. The van der Waals surface area contributed by atoms with E-state index in [1.807, 2.05) is 26.0 Å². The van der Waals surface area contributed by atoms with E-state index in [2.05, 4.69) is 40.3 Å². The molecule has 2 nitrogen and oxygen atoms in total. The Morgan fingerprint density at radius 1 is 1.44 bits per heavy atom. The molecule has 0 atom stereocenters. The molecule has 0 aliphatic rings. The quantitative estimate of drug-likeness (QED) is 0.855. The number of carbonyl (C=O) groups excluding carboxylic acids is 1. The Labute approximate surface area is 122 Å². The normalized spacial score (nSPS) is 11.3. The van der Waals surface area contributed by atoms with E-state index < -0.39 is 0 Å². The van der Waals surface area contributed by atoms with E-state index in [1.165, 1.54) is 5.56 Å². The van der Waals surface area contributed by atoms with Crippen LogP contribution in [-0.4, -0.2) is 17.2 Å². The zero-order valence-electron chi connectivity index (χ0n) is 11.1. The summed E-state index contributed by atoms with van der Waals surface area (Å²) in [5.41, 5.74) is 1.13. The minimum Gasteiger partial charge on any atom is -0.351 e. The second-order valence-corrected chi connectivity index (χ2v) is 6.81. The van der Waals surface area contributed by atoms with Crippen molar-refractivity contribution >= 4 is 33.6 Å². The third-order valence-electron chi connectivity index (χ3n) is 2.75. The Bertz CT molecular complexity index is 407. The van der Waals surface area contributed by atoms with Crippen LogP contribution in [0.5, 0.6) is 0 Å². The maximum Gasteiger partial charge on any atom is 0.230 e. The summed E-state index contributed by atoms with van der Waals surface area (Å²) in [5.74, 6) is 1.48. The van der Waals surface area contributed by atoms with Gasteiger partial charge in [-0.2, -0.15) is 0 Å². The molecule has 0 spiro atoms. The van der Waals surface area contributed by atoms with Gasteiger partial charge in [-0.1, -0.05) is 35.0 Å². The van der Waals surface area contributed by atoms with E-state index in [-0.39, 0.29) is 11.4 Å². The van der Waals surface area contributed by atoms with Crippen molar-refractivity contribution in [3.8, 4) is 0 Å². The fourth-order valence-electron chi connectivity index (χ4n) is 1.39. The van der Waals surface area contributed by atoms with Crippen molar-refractivity contribution in [3.05, 3.63) is 34.3 Å². The topological polar surface area (TPSA) is 29.1 Å². The van der Waals surface area contributed by atoms with Crippen molar-refractivity contribution in [2.75, 3.05) is 5.75 Å². The first kappa shape index (κ1) is 15.6. The molecule has 18 heavy (non-hydrogen) atoms. The molecule has 0 unspecified atom stereocenters. The maximum atomic E-state index is 11.7. The van der Waals surface area contributed by atoms with Crippen molar-refractivity contribution in [2.45, 2.75) is 38.5 Å². The molecule has 1 aromatic rings. The van der Waals surface area contributed by atoms with Gasteiger partial charge in [-0.25, -0.2) is 0 Å². The summed E-state index contributed by atoms with van der Waals surface area (Å²) >= 11 is 5.08. The van der Waals surface area contributed by atoms with Gasteiger partial charge in [-0.15, -0.1) is 11.8 Å². The van der Waals surface area contributed by atoms with Crippen LogP contribution < -0.4 is 5.32 Å². The molecule has 0 saturated heterocycles. The molecule has 0 radical (unpaired) electrons. The monoisotopic (exact) mass is 329 g/mol. The lowest BCUT2D eigenvalue weighted by molar-refractivity contribution is -0.120. The van der Waals surface area contributed by atoms with E-state index in [9.17, 15) is 4.79 Å². The van der Waals surface area contributed by atoms with Gasteiger partial charge in [0.2, 0.25) is 5.91 Å². The molecule has 4 heteroatoms. The fraction of sp³-hybridized carbons (Fsp3) is 0.500. The molecule has 0 heterocycles. The highest BCUT2D eigenvalue weighted by Crippen LogP contribution is 2.17. The molecule has 0 aliphatic carbocycles. The zero-order chi connectivity index (χ0) is 13.6. The van der Waals surface area contributed by atoms with Gasteiger partial charge < -0.3 is 5.32 Å². The van der Waals surface area contributed by atoms with E-state index in [4.69, 9.17) is 0 Å². The average Bonchev–Trinajstić information content (AvgIpc) is 2.28. The predicted molar refractivity (Wildman–Crippen MR) is 82.8 cm³/mol. The second-order valence-electron chi connectivity index (χ2n) is 4.91. The highest BCUT2D eigenvalue weighted by Gasteiger charge is 2.17. The lowest BCUT2D eigenvalue weighted by atomic mass is 10.0. The predicted octanol–water partition coefficient (Wildman–Crippen LogP) is 3.99. The first-order chi connectivity index (χ1) is 8.43. The Morgan fingerprint density at radius 2 is 2.17 bits per heavy atom. The molecular formula is C14H20BrNOS. The van der Waals surface area contributed by atoms with Crippen molar-refractivity contribution < 1.29 is 4.79 Å². The number of rotatable bonds is 6. The van der Waals surface area contributed by atoms with Crippen LogP contribution in [0.3, 0.4) is 0 Å². The summed E-state index contributed by atoms with van der Waals surface area (Å²) in [6.45, 7) is 6.17. The Balaban J connectivity index is 2.32. The van der Waals surface area contributed by atoms with E-state index in [1.54, 1.807) is 11.8 Å². The molecule has 0 fully saturated rings. The molecule has 1 rings (SSSR count). The number of nitrogens with one attached hydrogen (secondary N) is 1. The van der Waals surface area contributed by atoms with Gasteiger partial charge in [0.15, 0.2) is 0 Å². The van der Waals surface area contributed by atoms with Gasteiger partial charge in [-0.05, 0) is 38.0 Å². The van der Waals surface area contributed by atoms with Crippen LogP contribution in [0, 0.1) is 0 Å². The van der Waals surface area contributed by atoms with Crippen LogP contribution in [0.25, 0.3) is 0 Å². The van der Waals surface area contributed by atoms with Crippen LogP contribution >= 0.6 is 27.7 Å². The molecule has 1 amide bonds. The number of carbonyl (C=O) groups is 1. The third-order valence-corrected chi connectivity index (χ3v) is 4.25. The highest BCUT2D eigenvalue weighted by molar-refractivity contribution is 9.10. The Hall–Kier alpha value is -0.480. The number of hydrogen-bond donors (Lipinski definition) is 1. The molecule has 1 N–H and O–H groups in total. The van der Waals surface area contributed by atoms with E-state index in [0.717, 1.165) is 16.6 Å². The molecule has 1 aromatic carbocycles. The smallest absolute Gasteiger partial charge is 0.230 e. The number of halogens is 1. The van der Waals surface area contributed by atoms with Crippen molar-refractivity contribution in [2.24, 2.45) is 0 Å². The lowest BCUT2D eigenvalue weighted by Gasteiger charge is -2.24. The summed E-state index contributed by atoms with van der Waals surface area (Å²) in [6.07, 6.45) is 0.940. The van der Waals surface area contributed by atoms with E-state index in [0.29, 0.717) is 5.75 Å². The van der Waals surface area contributed by atoms with Gasteiger partial charge in [0.05, 0.1) is 5.75 Å². The minimum absolute atomic E-state index is 0.104. The standard InChI is InChI=1S/C14H20BrNOS/c1-4-14(2,3)16-13(17)10-18-9-11-6-5-7-12(15)8-11/h5-8H,4,9-10H2,1-3H3,(H,16,17). The van der Waals surface area contributed by atoms with Crippen molar-refractivity contribution in [3.63, 3.8) is 0 Å². The van der Waals surface area contributed by atoms with Crippen LogP contribution in [0.15, 0.2) is 28.7 Å². The third kappa shape index (κ3) is 5.91. The lowest BCUT2D eigenvalue weighted by Crippen LogP contribution is -2.43. The first-order valence-electron chi connectivity index (χ1n) is 6.06. The van der Waals surface area contributed by atoms with Gasteiger partial charge in [0, 0.05) is 15.8 Å². The zero-order valence-corrected chi connectivity index (χ0v) is 13.5. The summed E-state index contributed by atoms with van der Waals surface area (Å²) in [7, 11) is 0. The SMILES string of the molecule is CCC(C)(C)NC(=O)CSCc1cccc(Br)c1. The van der Waals surface area contributed by atoms with Crippen LogP contribution in [0.1, 0.15) is 32.8 Å². The Morgan fingerprint density at radius 3 is 2.78 bits per heavy atom. The van der Waals surface area contributed by atoms with Gasteiger partial charge in [-0.3, -0.25) is 4.79 Å². The number of hydrogen-bond acceptors (Lipinski definition) is 2. The van der Waals surface area contributed by atoms with Gasteiger partial charge >= 0.3 is 0 Å².